The highest BCUT2D eigenvalue weighted by molar-refractivity contribution is 5.95. The molecule has 1 saturated heterocycles. The zero-order chi connectivity index (χ0) is 32.2. The van der Waals surface area contributed by atoms with Crippen molar-refractivity contribution in [2.75, 3.05) is 33.9 Å². The smallest absolute Gasteiger partial charge is 0.261 e. The van der Waals surface area contributed by atoms with Crippen molar-refractivity contribution in [2.24, 2.45) is 0 Å². The zero-order valence-electron chi connectivity index (χ0n) is 25.4. The molecule has 46 heavy (non-hydrogen) atoms. The Hall–Kier alpha value is -5.59. The number of hydrogen-bond donors (Lipinski definition) is 2. The summed E-state index contributed by atoms with van der Waals surface area (Å²) in [6, 6.07) is 16.4. The van der Waals surface area contributed by atoms with Gasteiger partial charge in [0.25, 0.3) is 17.4 Å². The van der Waals surface area contributed by atoms with Crippen molar-refractivity contribution < 1.29 is 33.3 Å². The molecule has 3 amide bonds. The maximum Gasteiger partial charge on any atom is 0.261 e. The number of aryl methyl sites for hydroxylation is 1. The molecule has 0 aliphatic carbocycles. The van der Waals surface area contributed by atoms with E-state index in [2.05, 4.69) is 15.6 Å². The Balaban J connectivity index is 1.25. The van der Waals surface area contributed by atoms with E-state index in [-0.39, 0.29) is 67.9 Å². The molecule has 0 spiro atoms. The minimum Gasteiger partial charge on any atom is -0.493 e. The lowest BCUT2D eigenvalue weighted by Gasteiger charge is -2.22. The fraction of sp³-hybridized carbons (Fsp3) is 0.303. The predicted molar refractivity (Wildman–Crippen MR) is 166 cm³/mol. The number of nitrogens with zero attached hydrogens (tertiary/aromatic N) is 3. The average Bonchev–Trinajstić information content (AvgIpc) is 3.47. The third kappa shape index (κ3) is 6.43. The van der Waals surface area contributed by atoms with E-state index in [0.717, 1.165) is 5.56 Å². The number of para-hydroxylation sites is 1. The van der Waals surface area contributed by atoms with Gasteiger partial charge in [0, 0.05) is 31.6 Å². The maximum atomic E-state index is 13.5. The second-order valence-corrected chi connectivity index (χ2v) is 11.0. The first kappa shape index (κ1) is 30.4. The number of methoxy groups -OCH3 is 2. The Morgan fingerprint density at radius 2 is 1.80 bits per heavy atom. The van der Waals surface area contributed by atoms with Crippen LogP contribution in [0.2, 0.25) is 0 Å². The highest BCUT2D eigenvalue weighted by Gasteiger charge is 2.38. The van der Waals surface area contributed by atoms with Crippen molar-refractivity contribution in [3.63, 3.8) is 0 Å². The van der Waals surface area contributed by atoms with Gasteiger partial charge in [0.15, 0.2) is 29.6 Å². The van der Waals surface area contributed by atoms with Crippen LogP contribution in [0.25, 0.3) is 10.9 Å². The van der Waals surface area contributed by atoms with Crippen LogP contribution >= 0.6 is 0 Å². The maximum absolute atomic E-state index is 13.5. The minimum absolute atomic E-state index is 0.0518. The molecule has 3 aromatic carbocycles. The van der Waals surface area contributed by atoms with Crippen LogP contribution in [0.4, 0.5) is 0 Å². The summed E-state index contributed by atoms with van der Waals surface area (Å²) < 4.78 is 24.5. The predicted octanol–water partition coefficient (Wildman–Crippen LogP) is 1.90. The summed E-state index contributed by atoms with van der Waals surface area (Å²) in [5.41, 5.74) is 1.42. The molecule has 4 aromatic rings. The molecule has 0 radical (unpaired) electrons. The summed E-state index contributed by atoms with van der Waals surface area (Å²) in [7, 11) is 2.97. The fourth-order valence-corrected chi connectivity index (χ4v) is 5.54. The Morgan fingerprint density at radius 3 is 2.63 bits per heavy atom. The van der Waals surface area contributed by atoms with Gasteiger partial charge in [-0.25, -0.2) is 4.98 Å². The van der Waals surface area contributed by atoms with Crippen LogP contribution in [0.5, 0.6) is 23.0 Å². The molecule has 0 saturated carbocycles. The van der Waals surface area contributed by atoms with Crippen molar-refractivity contribution in [3.8, 4) is 23.0 Å². The first-order chi connectivity index (χ1) is 22.3. The number of amides is 3. The molecule has 238 valence electrons. The second kappa shape index (κ2) is 13.2. The molecule has 4 bridgehead atoms. The van der Waals surface area contributed by atoms with E-state index in [0.29, 0.717) is 28.2 Å². The summed E-state index contributed by atoms with van der Waals surface area (Å²) >= 11 is 0. The van der Waals surface area contributed by atoms with E-state index < -0.39 is 18.1 Å². The summed E-state index contributed by atoms with van der Waals surface area (Å²) in [5, 5.41) is 6.29. The number of aromatic nitrogens is 2. The molecule has 3 aliphatic rings. The lowest BCUT2D eigenvalue weighted by atomic mass is 10.1. The van der Waals surface area contributed by atoms with Gasteiger partial charge in [0.05, 0.1) is 44.0 Å². The Morgan fingerprint density at radius 1 is 0.978 bits per heavy atom. The van der Waals surface area contributed by atoms with Crippen molar-refractivity contribution in [1.29, 1.82) is 0 Å². The van der Waals surface area contributed by atoms with Crippen molar-refractivity contribution in [3.05, 3.63) is 88.5 Å². The molecule has 13 nitrogen and oxygen atoms in total. The quantitative estimate of drug-likeness (QED) is 0.338. The molecule has 1 fully saturated rings. The van der Waals surface area contributed by atoms with Crippen LogP contribution in [0.1, 0.15) is 22.3 Å². The van der Waals surface area contributed by atoms with Crippen LogP contribution in [0.15, 0.2) is 71.8 Å². The van der Waals surface area contributed by atoms with Gasteiger partial charge in [-0.2, -0.15) is 0 Å². The number of rotatable bonds is 5. The first-order valence-corrected chi connectivity index (χ1v) is 14.8. The third-order valence-electron chi connectivity index (χ3n) is 8.01. The normalized spacial score (nSPS) is 18.1. The van der Waals surface area contributed by atoms with Gasteiger partial charge in [0.2, 0.25) is 5.91 Å². The molecular weight excluding hydrogens is 594 g/mol. The summed E-state index contributed by atoms with van der Waals surface area (Å²) in [6.45, 7) is 0.448. The fourth-order valence-electron chi connectivity index (χ4n) is 5.54. The van der Waals surface area contributed by atoms with Crippen LogP contribution in [0, 0.1) is 0 Å². The Labute approximate surface area is 264 Å². The number of nitrogens with one attached hydrogen (secondary N) is 2. The molecular formula is C33H33N5O8. The largest absolute Gasteiger partial charge is 0.493 e. The second-order valence-electron chi connectivity index (χ2n) is 11.0. The molecule has 0 unspecified atom stereocenters. The SMILES string of the molecule is COc1ccc2cc1OCC(=O)NCc1ccc(c(OC)c1)O[C@H]1CN(C(=O)CCn3cnc4ccccc4c3=O)C[C@@H]1NC2=O. The number of hydrogen-bond acceptors (Lipinski definition) is 9. The topological polar surface area (TPSA) is 150 Å². The Kier molecular flexibility index (Phi) is 8.72. The summed E-state index contributed by atoms with van der Waals surface area (Å²) in [5.74, 6) is 0.458. The van der Waals surface area contributed by atoms with Gasteiger partial charge < -0.3 is 34.5 Å². The van der Waals surface area contributed by atoms with Crippen LogP contribution in [-0.4, -0.2) is 78.2 Å². The van der Waals surface area contributed by atoms with Crippen LogP contribution < -0.4 is 35.1 Å². The summed E-state index contributed by atoms with van der Waals surface area (Å²) in [4.78, 5) is 58.3. The molecule has 1 aromatic heterocycles. The van der Waals surface area contributed by atoms with E-state index in [4.69, 9.17) is 18.9 Å². The van der Waals surface area contributed by atoms with E-state index in [1.807, 2.05) is 6.07 Å². The van der Waals surface area contributed by atoms with Gasteiger partial charge in [-0.05, 0) is 48.0 Å². The highest BCUT2D eigenvalue weighted by Crippen LogP contribution is 2.32. The van der Waals surface area contributed by atoms with E-state index in [1.165, 1.54) is 31.2 Å². The van der Waals surface area contributed by atoms with Gasteiger partial charge in [-0.3, -0.25) is 23.7 Å². The lowest BCUT2D eigenvalue weighted by molar-refractivity contribution is -0.130. The van der Waals surface area contributed by atoms with Crippen LogP contribution in [0.3, 0.4) is 0 Å². The average molecular weight is 628 g/mol. The van der Waals surface area contributed by atoms with E-state index in [1.54, 1.807) is 53.4 Å². The zero-order valence-corrected chi connectivity index (χ0v) is 25.4. The van der Waals surface area contributed by atoms with Crippen molar-refractivity contribution >= 4 is 28.6 Å². The lowest BCUT2D eigenvalue weighted by Crippen LogP contribution is -2.45. The van der Waals surface area contributed by atoms with Gasteiger partial charge in [0.1, 0.15) is 6.10 Å². The molecule has 2 N–H and O–H groups in total. The van der Waals surface area contributed by atoms with Crippen molar-refractivity contribution in [2.45, 2.75) is 31.7 Å². The van der Waals surface area contributed by atoms with Crippen molar-refractivity contribution in [1.82, 2.24) is 25.1 Å². The molecule has 4 heterocycles. The number of carbonyl (C=O) groups excluding carboxylic acids is 3. The molecule has 2 atom stereocenters. The van der Waals surface area contributed by atoms with Crippen LogP contribution in [-0.2, 0) is 22.7 Å². The number of benzene rings is 3. The van der Waals surface area contributed by atoms with E-state index >= 15 is 0 Å². The monoisotopic (exact) mass is 627 g/mol. The highest BCUT2D eigenvalue weighted by atomic mass is 16.5. The Bertz CT molecular complexity index is 1860. The molecule has 7 rings (SSSR count). The number of fused-ring (bicyclic) bond motifs is 8. The third-order valence-corrected chi connectivity index (χ3v) is 8.01. The molecule has 13 heteroatoms. The van der Waals surface area contributed by atoms with Gasteiger partial charge in [-0.1, -0.05) is 18.2 Å². The number of likely N-dealkylation sites (tertiary alicyclic amines) is 1. The first-order valence-electron chi connectivity index (χ1n) is 14.8. The van der Waals surface area contributed by atoms with Gasteiger partial charge >= 0.3 is 0 Å². The number of carbonyl (C=O) groups is 3. The standard InChI is InChI=1S/C33H33N5O8/c1-43-25-10-8-21-14-28(25)45-18-30(39)34-15-20-7-9-26(27(13-20)44-2)46-29-17-38(16-24(29)36-32(21)41)31(40)11-12-37-19-35-23-6-4-3-5-22(23)33(37)42/h3-10,13-14,19,24,29H,11-12,15-18H2,1-2H3,(H,34,39)(H,36,41)/t24-,29-/m0/s1. The van der Waals surface area contributed by atoms with Gasteiger partial charge in [-0.15, -0.1) is 0 Å². The minimum atomic E-state index is -0.623. The molecule has 3 aliphatic heterocycles. The number of ether oxygens (including phenoxy) is 4. The summed E-state index contributed by atoms with van der Waals surface area (Å²) in [6.07, 6.45) is 0.877. The van der Waals surface area contributed by atoms with E-state index in [9.17, 15) is 19.2 Å².